The smallest absolute Gasteiger partial charge is 0.315 e. The second-order valence-electron chi connectivity index (χ2n) is 6.73. The summed E-state index contributed by atoms with van der Waals surface area (Å²) in [6.07, 6.45) is 2.55. The molecule has 0 spiro atoms. The van der Waals surface area contributed by atoms with Crippen LogP contribution < -0.4 is 10.6 Å². The number of carbonyl (C=O) groups excluding carboxylic acids is 2. The number of benzene rings is 1. The van der Waals surface area contributed by atoms with Crippen LogP contribution in [-0.2, 0) is 17.9 Å². The number of likely N-dealkylation sites (tertiary alicyclic amines) is 1. The van der Waals surface area contributed by atoms with Gasteiger partial charge in [-0.05, 0) is 37.1 Å². The molecule has 2 rings (SSSR count). The largest absolute Gasteiger partial charge is 0.343 e. The molecule has 1 aliphatic heterocycles. The Bertz CT molecular complexity index is 564. The molecule has 1 aromatic rings. The first kappa shape index (κ1) is 20.2. The summed E-state index contributed by atoms with van der Waals surface area (Å²) in [5.41, 5.74) is 2.35. The average molecular weight is 361 g/mol. The van der Waals surface area contributed by atoms with E-state index < -0.39 is 0 Å². The molecule has 0 aromatic heterocycles. The number of amides is 3. The Balaban J connectivity index is 1.64. The lowest BCUT2D eigenvalue weighted by Gasteiger charge is -2.18. The summed E-state index contributed by atoms with van der Waals surface area (Å²) in [4.78, 5) is 28.0. The number of hydrogen-bond donors (Lipinski definition) is 2. The second-order valence-corrected chi connectivity index (χ2v) is 6.73. The van der Waals surface area contributed by atoms with Crippen molar-refractivity contribution in [2.75, 3.05) is 32.7 Å². The highest BCUT2D eigenvalue weighted by Gasteiger charge is 2.17. The van der Waals surface area contributed by atoms with Crippen LogP contribution in [0, 0.1) is 0 Å². The molecule has 1 fully saturated rings. The van der Waals surface area contributed by atoms with Crippen molar-refractivity contribution in [1.29, 1.82) is 0 Å². The van der Waals surface area contributed by atoms with Crippen LogP contribution in [0.15, 0.2) is 24.3 Å². The number of nitrogens with zero attached hydrogens (tertiary/aromatic N) is 2. The van der Waals surface area contributed by atoms with Crippen LogP contribution in [0.4, 0.5) is 4.79 Å². The van der Waals surface area contributed by atoms with Crippen molar-refractivity contribution in [2.45, 2.75) is 46.2 Å². The van der Waals surface area contributed by atoms with E-state index in [2.05, 4.69) is 53.6 Å². The molecule has 1 aromatic carbocycles. The van der Waals surface area contributed by atoms with Crippen molar-refractivity contribution in [3.05, 3.63) is 35.4 Å². The second kappa shape index (κ2) is 10.8. The Hall–Kier alpha value is -2.08. The zero-order valence-corrected chi connectivity index (χ0v) is 16.1. The lowest BCUT2D eigenvalue weighted by molar-refractivity contribution is -0.129. The lowest BCUT2D eigenvalue weighted by atomic mass is 10.1. The van der Waals surface area contributed by atoms with Crippen molar-refractivity contribution >= 4 is 11.9 Å². The Labute approximate surface area is 156 Å². The fraction of sp³-hybridized carbons (Fsp3) is 0.600. The van der Waals surface area contributed by atoms with Gasteiger partial charge in [0.25, 0.3) is 0 Å². The van der Waals surface area contributed by atoms with Gasteiger partial charge in [0.2, 0.25) is 5.91 Å². The molecule has 0 radical (unpaired) electrons. The van der Waals surface area contributed by atoms with E-state index in [1.54, 1.807) is 0 Å². The third kappa shape index (κ3) is 6.67. The van der Waals surface area contributed by atoms with Gasteiger partial charge in [-0.15, -0.1) is 0 Å². The van der Waals surface area contributed by atoms with Crippen LogP contribution in [0.2, 0.25) is 0 Å². The highest BCUT2D eigenvalue weighted by atomic mass is 16.2. The number of carbonyl (C=O) groups is 2. The van der Waals surface area contributed by atoms with Crippen LogP contribution in [0.1, 0.15) is 44.2 Å². The summed E-state index contributed by atoms with van der Waals surface area (Å²) in [7, 11) is 0. The van der Waals surface area contributed by atoms with Gasteiger partial charge in [-0.3, -0.25) is 9.69 Å². The van der Waals surface area contributed by atoms with E-state index in [0.29, 0.717) is 19.5 Å². The predicted octanol–water partition coefficient (Wildman–Crippen LogP) is 2.34. The Morgan fingerprint density at radius 3 is 2.23 bits per heavy atom. The molecule has 26 heavy (non-hydrogen) atoms. The van der Waals surface area contributed by atoms with Gasteiger partial charge in [0, 0.05) is 39.1 Å². The lowest BCUT2D eigenvalue weighted by Crippen LogP contribution is -2.38. The average Bonchev–Trinajstić information content (AvgIpc) is 3.20. The monoisotopic (exact) mass is 360 g/mol. The minimum Gasteiger partial charge on any atom is -0.343 e. The van der Waals surface area contributed by atoms with Gasteiger partial charge in [0.1, 0.15) is 0 Å². The van der Waals surface area contributed by atoms with Crippen molar-refractivity contribution in [3.63, 3.8) is 0 Å². The fourth-order valence-corrected chi connectivity index (χ4v) is 3.12. The Kier molecular flexibility index (Phi) is 8.41. The van der Waals surface area contributed by atoms with Crippen LogP contribution in [-0.4, -0.2) is 54.5 Å². The maximum absolute atomic E-state index is 11.9. The summed E-state index contributed by atoms with van der Waals surface area (Å²) < 4.78 is 0. The summed E-state index contributed by atoms with van der Waals surface area (Å²) in [6, 6.07) is 8.10. The molecule has 1 saturated heterocycles. The Morgan fingerprint density at radius 2 is 1.62 bits per heavy atom. The molecule has 0 atom stereocenters. The highest BCUT2D eigenvalue weighted by molar-refractivity contribution is 5.78. The van der Waals surface area contributed by atoms with Gasteiger partial charge in [0.15, 0.2) is 0 Å². The summed E-state index contributed by atoms with van der Waals surface area (Å²) >= 11 is 0. The number of nitrogens with one attached hydrogen (secondary N) is 2. The maximum atomic E-state index is 11.9. The minimum absolute atomic E-state index is 0.131. The van der Waals surface area contributed by atoms with Gasteiger partial charge in [-0.1, -0.05) is 38.1 Å². The summed E-state index contributed by atoms with van der Waals surface area (Å²) in [6.45, 7) is 9.94. The third-order valence-corrected chi connectivity index (χ3v) is 4.86. The molecular formula is C20H32N4O2. The van der Waals surface area contributed by atoms with Crippen molar-refractivity contribution in [2.24, 2.45) is 0 Å². The van der Waals surface area contributed by atoms with Gasteiger partial charge in [-0.25, -0.2) is 4.79 Å². The van der Waals surface area contributed by atoms with Crippen LogP contribution >= 0.6 is 0 Å². The summed E-state index contributed by atoms with van der Waals surface area (Å²) in [5, 5.41) is 5.60. The van der Waals surface area contributed by atoms with Crippen LogP contribution in [0.5, 0.6) is 0 Å². The highest BCUT2D eigenvalue weighted by Crippen LogP contribution is 2.09. The predicted molar refractivity (Wildman–Crippen MR) is 104 cm³/mol. The van der Waals surface area contributed by atoms with E-state index in [4.69, 9.17) is 0 Å². The SMILES string of the molecule is CCN(CC)Cc1ccc(CNC(=O)NCCC(=O)N2CCCC2)cc1. The first-order valence-electron chi connectivity index (χ1n) is 9.72. The molecule has 6 nitrogen and oxygen atoms in total. The normalized spacial score (nSPS) is 13.9. The minimum atomic E-state index is -0.230. The molecular weight excluding hydrogens is 328 g/mol. The third-order valence-electron chi connectivity index (χ3n) is 4.86. The van der Waals surface area contributed by atoms with E-state index >= 15 is 0 Å². The molecule has 1 heterocycles. The summed E-state index contributed by atoms with van der Waals surface area (Å²) in [5.74, 6) is 0.131. The number of urea groups is 1. The van der Waals surface area contributed by atoms with E-state index in [9.17, 15) is 9.59 Å². The molecule has 144 valence electrons. The number of hydrogen-bond acceptors (Lipinski definition) is 3. The molecule has 0 bridgehead atoms. The Morgan fingerprint density at radius 1 is 1.00 bits per heavy atom. The molecule has 3 amide bonds. The van der Waals surface area contributed by atoms with Crippen molar-refractivity contribution in [3.8, 4) is 0 Å². The number of rotatable bonds is 9. The topological polar surface area (TPSA) is 64.7 Å². The maximum Gasteiger partial charge on any atom is 0.315 e. The first-order chi connectivity index (χ1) is 12.6. The van der Waals surface area contributed by atoms with E-state index in [0.717, 1.165) is 51.1 Å². The molecule has 0 aliphatic carbocycles. The van der Waals surface area contributed by atoms with Gasteiger partial charge in [-0.2, -0.15) is 0 Å². The standard InChI is InChI=1S/C20H32N4O2/c1-3-23(4-2)16-18-9-7-17(8-10-18)15-22-20(26)21-12-11-19(25)24-13-5-6-14-24/h7-10H,3-6,11-16H2,1-2H3,(H2,21,22,26). The van der Waals surface area contributed by atoms with E-state index in [-0.39, 0.29) is 11.9 Å². The zero-order chi connectivity index (χ0) is 18.8. The molecule has 1 aliphatic rings. The van der Waals surface area contributed by atoms with E-state index in [1.807, 2.05) is 4.90 Å². The van der Waals surface area contributed by atoms with Gasteiger partial charge < -0.3 is 15.5 Å². The van der Waals surface area contributed by atoms with Crippen LogP contribution in [0.25, 0.3) is 0 Å². The van der Waals surface area contributed by atoms with E-state index in [1.165, 1.54) is 5.56 Å². The van der Waals surface area contributed by atoms with Gasteiger partial charge in [0.05, 0.1) is 0 Å². The molecule has 2 N–H and O–H groups in total. The van der Waals surface area contributed by atoms with Crippen molar-refractivity contribution < 1.29 is 9.59 Å². The molecule has 0 unspecified atom stereocenters. The quantitative estimate of drug-likeness (QED) is 0.710. The van der Waals surface area contributed by atoms with Crippen LogP contribution in [0.3, 0.4) is 0 Å². The molecule has 6 heteroatoms. The fourth-order valence-electron chi connectivity index (χ4n) is 3.12. The van der Waals surface area contributed by atoms with Gasteiger partial charge >= 0.3 is 6.03 Å². The first-order valence-corrected chi connectivity index (χ1v) is 9.72. The molecule has 0 saturated carbocycles. The zero-order valence-electron chi connectivity index (χ0n) is 16.1. The van der Waals surface area contributed by atoms with Crippen molar-refractivity contribution in [1.82, 2.24) is 20.4 Å².